The first-order valence-electron chi connectivity index (χ1n) is 10.9. The third-order valence-electron chi connectivity index (χ3n) is 5.32. The van der Waals surface area contributed by atoms with Gasteiger partial charge in [-0.15, -0.1) is 0 Å². The van der Waals surface area contributed by atoms with E-state index in [1.165, 1.54) is 40.7 Å². The zero-order chi connectivity index (χ0) is 23.8. The number of piperazine rings is 1. The number of amides is 1. The Kier molecular flexibility index (Phi) is 8.40. The number of nitrogens with zero attached hydrogens (tertiary/aromatic N) is 2. The van der Waals surface area contributed by atoms with Crippen molar-refractivity contribution in [3.8, 4) is 0 Å². The average Bonchev–Trinajstić information content (AvgIpc) is 2.83. The number of unbranched alkanes of at least 4 members (excludes halogenated alkanes) is 1. The molecule has 0 radical (unpaired) electrons. The predicted molar refractivity (Wildman–Crippen MR) is 122 cm³/mol. The number of carbonyl (C=O) groups excluding carboxylic acids is 2. The number of halogens is 1. The van der Waals surface area contributed by atoms with Gasteiger partial charge in [0.05, 0.1) is 10.5 Å². The lowest BCUT2D eigenvalue weighted by Gasteiger charge is -2.35. The van der Waals surface area contributed by atoms with Gasteiger partial charge in [-0.05, 0) is 48.9 Å². The summed E-state index contributed by atoms with van der Waals surface area (Å²) >= 11 is 0. The van der Waals surface area contributed by atoms with E-state index in [1.54, 1.807) is 12.1 Å². The Bertz CT molecular complexity index is 1070. The van der Waals surface area contributed by atoms with Crippen LogP contribution >= 0.6 is 0 Å². The van der Waals surface area contributed by atoms with Crippen LogP contribution in [0.5, 0.6) is 0 Å². The SMILES string of the molecule is CCCCNC(=O)COC(=O)c1cccc(S(=O)(=O)N2CCN(c3ccc(F)cc3)CC2)c1. The summed E-state index contributed by atoms with van der Waals surface area (Å²) in [5, 5.41) is 2.65. The van der Waals surface area contributed by atoms with Crippen LogP contribution in [0.4, 0.5) is 10.1 Å². The first-order valence-corrected chi connectivity index (χ1v) is 12.3. The summed E-state index contributed by atoms with van der Waals surface area (Å²) in [7, 11) is -3.82. The molecule has 1 fully saturated rings. The molecule has 0 aromatic heterocycles. The van der Waals surface area contributed by atoms with E-state index < -0.39 is 28.5 Å². The highest BCUT2D eigenvalue weighted by Gasteiger charge is 2.29. The van der Waals surface area contributed by atoms with Crippen LogP contribution in [0.15, 0.2) is 53.4 Å². The molecular formula is C23H28FN3O5S. The van der Waals surface area contributed by atoms with Crippen LogP contribution in [0.3, 0.4) is 0 Å². The Labute approximate surface area is 193 Å². The van der Waals surface area contributed by atoms with Crippen molar-refractivity contribution in [3.05, 3.63) is 59.9 Å². The number of benzene rings is 2. The number of anilines is 1. The lowest BCUT2D eigenvalue weighted by Crippen LogP contribution is -2.48. The largest absolute Gasteiger partial charge is 0.452 e. The van der Waals surface area contributed by atoms with Crippen LogP contribution in [-0.4, -0.2) is 63.9 Å². The van der Waals surface area contributed by atoms with Gasteiger partial charge in [0, 0.05) is 38.4 Å². The van der Waals surface area contributed by atoms with E-state index in [1.807, 2.05) is 11.8 Å². The molecule has 3 rings (SSSR count). The normalized spacial score (nSPS) is 14.7. The van der Waals surface area contributed by atoms with E-state index in [9.17, 15) is 22.4 Å². The number of sulfonamides is 1. The highest BCUT2D eigenvalue weighted by Crippen LogP contribution is 2.22. The predicted octanol–water partition coefficient (Wildman–Crippen LogP) is 2.41. The molecule has 0 unspecified atom stereocenters. The molecular weight excluding hydrogens is 449 g/mol. The van der Waals surface area contributed by atoms with Gasteiger partial charge in [-0.25, -0.2) is 17.6 Å². The number of esters is 1. The fraction of sp³-hybridized carbons (Fsp3) is 0.391. The lowest BCUT2D eigenvalue weighted by molar-refractivity contribution is -0.124. The van der Waals surface area contributed by atoms with Crippen molar-refractivity contribution in [2.75, 3.05) is 44.2 Å². The van der Waals surface area contributed by atoms with Gasteiger partial charge in [-0.3, -0.25) is 4.79 Å². The number of carbonyl (C=O) groups is 2. The summed E-state index contributed by atoms with van der Waals surface area (Å²) < 4.78 is 45.7. The van der Waals surface area contributed by atoms with Gasteiger partial charge in [0.15, 0.2) is 6.61 Å². The Balaban J connectivity index is 1.60. The molecule has 33 heavy (non-hydrogen) atoms. The number of hydrogen-bond donors (Lipinski definition) is 1. The highest BCUT2D eigenvalue weighted by molar-refractivity contribution is 7.89. The molecule has 2 aromatic rings. The van der Waals surface area contributed by atoms with Gasteiger partial charge in [0.2, 0.25) is 10.0 Å². The number of rotatable bonds is 9. The fourth-order valence-electron chi connectivity index (χ4n) is 3.44. The summed E-state index contributed by atoms with van der Waals surface area (Å²) in [6, 6.07) is 11.7. The van der Waals surface area contributed by atoms with Gasteiger partial charge in [0.25, 0.3) is 5.91 Å². The molecule has 0 spiro atoms. The van der Waals surface area contributed by atoms with E-state index in [0.717, 1.165) is 18.5 Å². The summed E-state index contributed by atoms with van der Waals surface area (Å²) in [6.45, 7) is 3.51. The van der Waals surface area contributed by atoms with E-state index in [4.69, 9.17) is 4.74 Å². The Morgan fingerprint density at radius 2 is 1.76 bits per heavy atom. The van der Waals surface area contributed by atoms with E-state index in [-0.39, 0.29) is 29.4 Å². The van der Waals surface area contributed by atoms with E-state index >= 15 is 0 Å². The first-order chi connectivity index (χ1) is 15.8. The second kappa shape index (κ2) is 11.2. The second-order valence-electron chi connectivity index (χ2n) is 7.68. The molecule has 0 saturated carbocycles. The van der Waals surface area contributed by atoms with Crippen molar-refractivity contribution >= 4 is 27.6 Å². The zero-order valence-electron chi connectivity index (χ0n) is 18.5. The van der Waals surface area contributed by atoms with E-state index in [2.05, 4.69) is 5.32 Å². The number of ether oxygens (including phenoxy) is 1. The van der Waals surface area contributed by atoms with Gasteiger partial charge in [-0.1, -0.05) is 19.4 Å². The standard InChI is InChI=1S/C23H28FN3O5S/c1-2-3-11-25-22(28)17-32-23(29)18-5-4-6-21(16-18)33(30,31)27-14-12-26(13-15-27)20-9-7-19(24)8-10-20/h4-10,16H,2-3,11-15,17H2,1H3,(H,25,28). The molecule has 1 aliphatic rings. The molecule has 0 bridgehead atoms. The maximum Gasteiger partial charge on any atom is 0.338 e. The van der Waals surface area contributed by atoms with Crippen molar-refractivity contribution in [1.82, 2.24) is 9.62 Å². The van der Waals surface area contributed by atoms with Gasteiger partial charge >= 0.3 is 5.97 Å². The topological polar surface area (TPSA) is 96.0 Å². The van der Waals surface area contributed by atoms with Gasteiger partial charge in [-0.2, -0.15) is 4.31 Å². The summed E-state index contributed by atoms with van der Waals surface area (Å²) in [4.78, 5) is 26.0. The molecule has 1 aliphatic heterocycles. The third-order valence-corrected chi connectivity index (χ3v) is 7.22. The molecule has 0 atom stereocenters. The quantitative estimate of drug-likeness (QED) is 0.440. The average molecular weight is 478 g/mol. The van der Waals surface area contributed by atoms with Crippen molar-refractivity contribution in [3.63, 3.8) is 0 Å². The van der Waals surface area contributed by atoms with Crippen molar-refractivity contribution in [1.29, 1.82) is 0 Å². The number of hydrogen-bond acceptors (Lipinski definition) is 6. The van der Waals surface area contributed by atoms with Crippen LogP contribution in [0.25, 0.3) is 0 Å². The van der Waals surface area contributed by atoms with Crippen LogP contribution < -0.4 is 10.2 Å². The van der Waals surface area contributed by atoms with Crippen LogP contribution in [-0.2, 0) is 19.6 Å². The van der Waals surface area contributed by atoms with Crippen LogP contribution in [0.2, 0.25) is 0 Å². The molecule has 8 nitrogen and oxygen atoms in total. The minimum atomic E-state index is -3.82. The maximum atomic E-state index is 13.1. The summed E-state index contributed by atoms with van der Waals surface area (Å²) in [5.41, 5.74) is 0.888. The smallest absolute Gasteiger partial charge is 0.338 e. The maximum absolute atomic E-state index is 13.1. The molecule has 10 heteroatoms. The summed E-state index contributed by atoms with van der Waals surface area (Å²) in [5.74, 6) is -1.49. The molecule has 1 amide bonds. The first kappa shape index (κ1) is 24.7. The minimum Gasteiger partial charge on any atom is -0.452 e. The Morgan fingerprint density at radius 1 is 1.06 bits per heavy atom. The van der Waals surface area contributed by atoms with E-state index in [0.29, 0.717) is 19.6 Å². The molecule has 0 aliphatic carbocycles. The molecule has 2 aromatic carbocycles. The zero-order valence-corrected chi connectivity index (χ0v) is 19.3. The van der Waals surface area contributed by atoms with Crippen molar-refractivity contribution < 1.29 is 27.1 Å². The molecule has 1 N–H and O–H groups in total. The lowest BCUT2D eigenvalue weighted by atomic mass is 10.2. The van der Waals surface area contributed by atoms with Gasteiger partial charge < -0.3 is 15.0 Å². The number of nitrogens with one attached hydrogen (secondary N) is 1. The molecule has 178 valence electrons. The third kappa shape index (κ3) is 6.52. The van der Waals surface area contributed by atoms with Gasteiger partial charge in [0.1, 0.15) is 5.82 Å². The van der Waals surface area contributed by atoms with Crippen molar-refractivity contribution in [2.45, 2.75) is 24.7 Å². The Morgan fingerprint density at radius 3 is 2.42 bits per heavy atom. The van der Waals surface area contributed by atoms with Crippen LogP contribution in [0, 0.1) is 5.82 Å². The minimum absolute atomic E-state index is 0.0143. The van der Waals surface area contributed by atoms with Crippen molar-refractivity contribution in [2.24, 2.45) is 0 Å². The second-order valence-corrected chi connectivity index (χ2v) is 9.61. The highest BCUT2D eigenvalue weighted by atomic mass is 32.2. The summed E-state index contributed by atoms with van der Waals surface area (Å²) in [6.07, 6.45) is 1.76. The Hall–Kier alpha value is -2.98. The monoisotopic (exact) mass is 477 g/mol. The molecule has 1 saturated heterocycles. The molecule has 1 heterocycles. The fourth-order valence-corrected chi connectivity index (χ4v) is 4.91. The van der Waals surface area contributed by atoms with Crippen LogP contribution in [0.1, 0.15) is 30.1 Å².